The summed E-state index contributed by atoms with van der Waals surface area (Å²) in [5, 5.41) is 4.12. The molecule has 21 heavy (non-hydrogen) atoms. The van der Waals surface area contributed by atoms with Crippen molar-refractivity contribution >= 4 is 0 Å². The molecular formula is C17H15N3O. The van der Waals surface area contributed by atoms with Gasteiger partial charge in [-0.2, -0.15) is 0 Å². The lowest BCUT2D eigenvalue weighted by atomic mass is 10.1. The van der Waals surface area contributed by atoms with Crippen LogP contribution in [0.3, 0.4) is 0 Å². The fraction of sp³-hybridized carbons (Fsp3) is 0.176. The van der Waals surface area contributed by atoms with Gasteiger partial charge in [-0.1, -0.05) is 41.4 Å². The zero-order valence-electron chi connectivity index (χ0n) is 12.2. The van der Waals surface area contributed by atoms with Gasteiger partial charge in [-0.3, -0.25) is 0 Å². The molecule has 1 aromatic carbocycles. The van der Waals surface area contributed by atoms with E-state index in [0.717, 1.165) is 28.3 Å². The highest BCUT2D eigenvalue weighted by Gasteiger charge is 2.12. The maximum Gasteiger partial charge on any atom is 0.185 e. The number of imidazole rings is 1. The predicted octanol–water partition coefficient (Wildman–Crippen LogP) is 3.09. The first kappa shape index (κ1) is 13.2. The summed E-state index contributed by atoms with van der Waals surface area (Å²) in [5.41, 5.74) is 3.52. The molecule has 0 saturated carbocycles. The van der Waals surface area contributed by atoms with Crippen LogP contribution in [0.5, 0.6) is 0 Å². The van der Waals surface area contributed by atoms with Crippen LogP contribution in [0, 0.1) is 25.7 Å². The zero-order chi connectivity index (χ0) is 14.8. The summed E-state index contributed by atoms with van der Waals surface area (Å²) in [6, 6.07) is 9.90. The molecule has 0 fully saturated rings. The lowest BCUT2D eigenvalue weighted by molar-refractivity contribution is 0.399. The number of benzene rings is 1. The second kappa shape index (κ2) is 5.29. The topological polar surface area (TPSA) is 43.9 Å². The van der Waals surface area contributed by atoms with Crippen LogP contribution in [0.15, 0.2) is 41.1 Å². The molecule has 0 aliphatic heterocycles. The van der Waals surface area contributed by atoms with E-state index in [4.69, 9.17) is 4.52 Å². The summed E-state index contributed by atoms with van der Waals surface area (Å²) in [7, 11) is 1.93. The van der Waals surface area contributed by atoms with Crippen molar-refractivity contribution in [2.45, 2.75) is 13.8 Å². The van der Waals surface area contributed by atoms with Gasteiger partial charge in [0.2, 0.25) is 0 Å². The average molecular weight is 277 g/mol. The summed E-state index contributed by atoms with van der Waals surface area (Å²) in [6.07, 6.45) is 1.95. The molecule has 4 nitrogen and oxygen atoms in total. The molecule has 104 valence electrons. The molecule has 0 N–H and O–H groups in total. The molecular weight excluding hydrogens is 262 g/mol. The molecule has 0 amide bonds. The molecule has 4 heteroatoms. The van der Waals surface area contributed by atoms with Gasteiger partial charge in [0.25, 0.3) is 0 Å². The Hall–Kier alpha value is -2.80. The monoisotopic (exact) mass is 277 g/mol. The van der Waals surface area contributed by atoms with Gasteiger partial charge < -0.3 is 9.09 Å². The number of aromatic nitrogens is 3. The summed E-state index contributed by atoms with van der Waals surface area (Å²) >= 11 is 0. The van der Waals surface area contributed by atoms with Crippen LogP contribution < -0.4 is 0 Å². The standard InChI is InChI=1S/C17H15N3O/c1-12-11-20(3)16(18-12)10-9-15-13(2)21-19-17(15)14-7-5-4-6-8-14/h4-8,11H,1-3H3. The van der Waals surface area contributed by atoms with Crippen LogP contribution in [0.2, 0.25) is 0 Å². The third kappa shape index (κ3) is 2.59. The summed E-state index contributed by atoms with van der Waals surface area (Å²) in [5.74, 6) is 7.67. The molecule has 2 aromatic heterocycles. The summed E-state index contributed by atoms with van der Waals surface area (Å²) < 4.78 is 7.20. The van der Waals surface area contributed by atoms with Crippen molar-refractivity contribution in [2.75, 3.05) is 0 Å². The number of rotatable bonds is 1. The lowest BCUT2D eigenvalue weighted by Gasteiger charge is -1.95. The van der Waals surface area contributed by atoms with Gasteiger partial charge >= 0.3 is 0 Å². The summed E-state index contributed by atoms with van der Waals surface area (Å²) in [6.45, 7) is 3.82. The fourth-order valence-corrected chi connectivity index (χ4v) is 2.16. The quantitative estimate of drug-likeness (QED) is 0.642. The minimum atomic E-state index is 0.715. The maximum absolute atomic E-state index is 5.29. The third-order valence-electron chi connectivity index (χ3n) is 3.21. The van der Waals surface area contributed by atoms with Crippen LogP contribution in [0.1, 0.15) is 22.8 Å². The van der Waals surface area contributed by atoms with Crippen molar-refractivity contribution in [1.29, 1.82) is 0 Å². The van der Waals surface area contributed by atoms with Crippen molar-refractivity contribution < 1.29 is 4.52 Å². The highest BCUT2D eigenvalue weighted by molar-refractivity contribution is 5.68. The highest BCUT2D eigenvalue weighted by atomic mass is 16.5. The van der Waals surface area contributed by atoms with Gasteiger partial charge in [0, 0.05) is 18.8 Å². The minimum Gasteiger partial charge on any atom is -0.360 e. The van der Waals surface area contributed by atoms with E-state index >= 15 is 0 Å². The van der Waals surface area contributed by atoms with E-state index in [9.17, 15) is 0 Å². The predicted molar refractivity (Wildman–Crippen MR) is 80.6 cm³/mol. The first-order valence-corrected chi connectivity index (χ1v) is 6.69. The van der Waals surface area contributed by atoms with Crippen LogP contribution >= 0.6 is 0 Å². The fourth-order valence-electron chi connectivity index (χ4n) is 2.16. The molecule has 3 rings (SSSR count). The van der Waals surface area contributed by atoms with Crippen LogP contribution in [0.4, 0.5) is 0 Å². The van der Waals surface area contributed by atoms with E-state index in [2.05, 4.69) is 22.0 Å². The highest BCUT2D eigenvalue weighted by Crippen LogP contribution is 2.24. The Balaban J connectivity index is 2.05. The minimum absolute atomic E-state index is 0.715. The molecule has 0 spiro atoms. The molecule has 0 radical (unpaired) electrons. The first-order valence-electron chi connectivity index (χ1n) is 6.69. The maximum atomic E-state index is 5.29. The van der Waals surface area contributed by atoms with E-state index in [0.29, 0.717) is 5.76 Å². The molecule has 2 heterocycles. The molecule has 0 saturated heterocycles. The molecule has 0 atom stereocenters. The van der Waals surface area contributed by atoms with E-state index in [1.807, 2.05) is 62.0 Å². The molecule has 0 bridgehead atoms. The largest absolute Gasteiger partial charge is 0.360 e. The van der Waals surface area contributed by atoms with Crippen molar-refractivity contribution in [1.82, 2.24) is 14.7 Å². The van der Waals surface area contributed by atoms with Gasteiger partial charge in [-0.15, -0.1) is 0 Å². The van der Waals surface area contributed by atoms with E-state index in [1.165, 1.54) is 0 Å². The van der Waals surface area contributed by atoms with Gasteiger partial charge in [-0.05, 0) is 19.8 Å². The van der Waals surface area contributed by atoms with E-state index in [1.54, 1.807) is 0 Å². The molecule has 0 aliphatic carbocycles. The third-order valence-corrected chi connectivity index (χ3v) is 3.21. The van der Waals surface area contributed by atoms with Crippen LogP contribution in [-0.4, -0.2) is 14.7 Å². The number of nitrogens with zero attached hydrogens (tertiary/aromatic N) is 3. The lowest BCUT2D eigenvalue weighted by Crippen LogP contribution is -1.91. The van der Waals surface area contributed by atoms with E-state index in [-0.39, 0.29) is 0 Å². The second-order valence-corrected chi connectivity index (χ2v) is 4.90. The Morgan fingerprint density at radius 1 is 1.10 bits per heavy atom. The molecule has 0 unspecified atom stereocenters. The zero-order valence-corrected chi connectivity index (χ0v) is 12.2. The summed E-state index contributed by atoms with van der Waals surface area (Å²) in [4.78, 5) is 4.38. The molecule has 0 aliphatic rings. The van der Waals surface area contributed by atoms with Gasteiger partial charge in [-0.25, -0.2) is 4.98 Å². The average Bonchev–Trinajstić information content (AvgIpc) is 3.00. The number of hydrogen-bond donors (Lipinski definition) is 0. The van der Waals surface area contributed by atoms with Crippen molar-refractivity contribution in [3.05, 3.63) is 59.4 Å². The Labute approximate surface area is 123 Å². The first-order chi connectivity index (χ1) is 10.1. The van der Waals surface area contributed by atoms with Gasteiger partial charge in [0.1, 0.15) is 11.5 Å². The van der Waals surface area contributed by atoms with Gasteiger partial charge in [0.05, 0.1) is 11.3 Å². The molecule has 3 aromatic rings. The van der Waals surface area contributed by atoms with Crippen molar-refractivity contribution in [3.8, 4) is 23.1 Å². The Morgan fingerprint density at radius 3 is 2.52 bits per heavy atom. The Bertz CT molecular complexity index is 832. The van der Waals surface area contributed by atoms with Crippen molar-refractivity contribution in [3.63, 3.8) is 0 Å². The van der Waals surface area contributed by atoms with Crippen LogP contribution in [0.25, 0.3) is 11.3 Å². The second-order valence-electron chi connectivity index (χ2n) is 4.90. The van der Waals surface area contributed by atoms with E-state index < -0.39 is 0 Å². The van der Waals surface area contributed by atoms with Crippen LogP contribution in [-0.2, 0) is 7.05 Å². The number of aryl methyl sites for hydroxylation is 3. The normalized spacial score (nSPS) is 10.2. The van der Waals surface area contributed by atoms with Gasteiger partial charge in [0.15, 0.2) is 5.82 Å². The Morgan fingerprint density at radius 2 is 1.86 bits per heavy atom. The smallest absolute Gasteiger partial charge is 0.185 e. The SMILES string of the molecule is Cc1cn(C)c(C#Cc2c(-c3ccccc3)noc2C)n1. The van der Waals surface area contributed by atoms with Crippen molar-refractivity contribution in [2.24, 2.45) is 7.05 Å². The Kier molecular flexibility index (Phi) is 3.33. The number of hydrogen-bond acceptors (Lipinski definition) is 3.